The molecular weight excluding hydrogens is 294 g/mol. The number of aromatic carboxylic acids is 1. The van der Waals surface area contributed by atoms with E-state index in [1.54, 1.807) is 0 Å². The molecule has 1 saturated carbocycles. The van der Waals surface area contributed by atoms with E-state index in [1.165, 1.54) is 10.9 Å². The van der Waals surface area contributed by atoms with Crippen LogP contribution in [0.25, 0.3) is 0 Å². The fourth-order valence-electron chi connectivity index (χ4n) is 2.31. The Morgan fingerprint density at radius 3 is 2.95 bits per heavy atom. The number of amides is 2. The highest BCUT2D eigenvalue weighted by Gasteiger charge is 2.24. The lowest BCUT2D eigenvalue weighted by atomic mass is 10.2. The Hall–Kier alpha value is -1.77. The number of aromatic nitrogens is 3. The van der Waals surface area contributed by atoms with E-state index in [9.17, 15) is 9.59 Å². The van der Waals surface area contributed by atoms with Crippen molar-refractivity contribution in [2.75, 3.05) is 12.8 Å². The fraction of sp³-hybridized carbons (Fsp3) is 0.667. The maximum absolute atomic E-state index is 11.7. The zero-order chi connectivity index (χ0) is 15.2. The third-order valence-corrected chi connectivity index (χ3v) is 4.53. The summed E-state index contributed by atoms with van der Waals surface area (Å²) >= 11 is 1.84. The van der Waals surface area contributed by atoms with Gasteiger partial charge in [0.1, 0.15) is 0 Å². The van der Waals surface area contributed by atoms with Crippen LogP contribution in [0.1, 0.15) is 29.8 Å². The van der Waals surface area contributed by atoms with Gasteiger partial charge in [-0.2, -0.15) is 11.8 Å². The molecular formula is C12H19N5O3S. The number of carbonyl (C=O) groups excluding carboxylic acids is 1. The van der Waals surface area contributed by atoms with Gasteiger partial charge in [0.15, 0.2) is 5.69 Å². The number of urea groups is 1. The fourth-order valence-corrected chi connectivity index (χ4v) is 3.11. The number of nitrogens with one attached hydrogen (secondary N) is 2. The average Bonchev–Trinajstić information content (AvgIpc) is 3.07. The zero-order valence-corrected chi connectivity index (χ0v) is 12.6. The number of carboxylic acid groups (broad SMARTS) is 1. The molecule has 21 heavy (non-hydrogen) atoms. The van der Waals surface area contributed by atoms with E-state index in [-0.39, 0.29) is 17.8 Å². The Labute approximate surface area is 126 Å². The van der Waals surface area contributed by atoms with Gasteiger partial charge in [0.05, 0.1) is 12.7 Å². The van der Waals surface area contributed by atoms with Gasteiger partial charge in [-0.25, -0.2) is 14.3 Å². The molecule has 1 aliphatic carbocycles. The first-order valence-corrected chi connectivity index (χ1v) is 8.08. The van der Waals surface area contributed by atoms with E-state index < -0.39 is 5.97 Å². The van der Waals surface area contributed by atoms with Gasteiger partial charge >= 0.3 is 12.0 Å². The predicted molar refractivity (Wildman–Crippen MR) is 78.5 cm³/mol. The summed E-state index contributed by atoms with van der Waals surface area (Å²) in [5, 5.41) is 22.2. The number of hydrogen-bond acceptors (Lipinski definition) is 5. The van der Waals surface area contributed by atoms with Gasteiger partial charge in [-0.3, -0.25) is 0 Å². The summed E-state index contributed by atoms with van der Waals surface area (Å²) < 4.78 is 1.39. The largest absolute Gasteiger partial charge is 0.476 e. The molecule has 1 aromatic rings. The monoisotopic (exact) mass is 313 g/mol. The lowest BCUT2D eigenvalue weighted by molar-refractivity contribution is 0.0690. The molecule has 0 aromatic carbocycles. The van der Waals surface area contributed by atoms with Crippen LogP contribution in [0, 0.1) is 0 Å². The Morgan fingerprint density at radius 2 is 2.33 bits per heavy atom. The summed E-state index contributed by atoms with van der Waals surface area (Å²) in [6.45, 7) is 0.749. The normalized spacial score (nSPS) is 21.2. The maximum atomic E-state index is 11.7. The van der Waals surface area contributed by atoms with Crippen molar-refractivity contribution in [3.63, 3.8) is 0 Å². The Morgan fingerprint density at radius 1 is 1.52 bits per heavy atom. The minimum atomic E-state index is -1.11. The van der Waals surface area contributed by atoms with Gasteiger partial charge in [0.25, 0.3) is 0 Å². The van der Waals surface area contributed by atoms with Gasteiger partial charge in [0.2, 0.25) is 0 Å². The molecule has 0 aliphatic heterocycles. The number of nitrogens with zero attached hydrogens (tertiary/aromatic N) is 3. The molecule has 2 rings (SSSR count). The van der Waals surface area contributed by atoms with Crippen molar-refractivity contribution in [2.45, 2.75) is 37.1 Å². The Kier molecular flexibility index (Phi) is 5.43. The molecule has 2 amide bonds. The lowest BCUT2D eigenvalue weighted by Gasteiger charge is -2.13. The van der Waals surface area contributed by atoms with Gasteiger partial charge in [0, 0.05) is 17.8 Å². The van der Waals surface area contributed by atoms with Crippen LogP contribution in [-0.4, -0.2) is 56.2 Å². The van der Waals surface area contributed by atoms with Crippen molar-refractivity contribution in [2.24, 2.45) is 0 Å². The summed E-state index contributed by atoms with van der Waals surface area (Å²) in [5.41, 5.74) is -0.103. The molecule has 0 saturated heterocycles. The van der Waals surface area contributed by atoms with Crippen LogP contribution in [-0.2, 0) is 6.54 Å². The Bertz CT molecular complexity index is 507. The minimum Gasteiger partial charge on any atom is -0.476 e. The zero-order valence-electron chi connectivity index (χ0n) is 11.8. The highest BCUT2D eigenvalue weighted by Crippen LogP contribution is 2.27. The van der Waals surface area contributed by atoms with E-state index in [2.05, 4.69) is 27.2 Å². The maximum Gasteiger partial charge on any atom is 0.358 e. The molecule has 0 radical (unpaired) electrons. The van der Waals surface area contributed by atoms with E-state index in [0.29, 0.717) is 18.3 Å². The molecule has 3 N–H and O–H groups in total. The topological polar surface area (TPSA) is 109 Å². The molecule has 8 nitrogen and oxygen atoms in total. The highest BCUT2D eigenvalue weighted by molar-refractivity contribution is 7.99. The third-order valence-electron chi connectivity index (χ3n) is 3.44. The lowest BCUT2D eigenvalue weighted by Crippen LogP contribution is -2.42. The molecule has 2 atom stereocenters. The number of rotatable bonds is 6. The summed E-state index contributed by atoms with van der Waals surface area (Å²) in [6, 6.07) is 0.0489. The first kappa shape index (κ1) is 15.6. The number of hydrogen-bond donors (Lipinski definition) is 3. The van der Waals surface area contributed by atoms with E-state index in [4.69, 9.17) is 5.11 Å². The average molecular weight is 313 g/mol. The van der Waals surface area contributed by atoms with Crippen molar-refractivity contribution in [3.05, 3.63) is 11.9 Å². The molecule has 2 unspecified atom stereocenters. The number of thioether (sulfide) groups is 1. The van der Waals surface area contributed by atoms with Crippen LogP contribution >= 0.6 is 11.8 Å². The van der Waals surface area contributed by atoms with Crippen molar-refractivity contribution in [1.82, 2.24) is 25.6 Å². The highest BCUT2D eigenvalue weighted by atomic mass is 32.2. The smallest absolute Gasteiger partial charge is 0.358 e. The molecule has 0 bridgehead atoms. The predicted octanol–water partition coefficient (Wildman–Crippen LogP) is 0.560. The van der Waals surface area contributed by atoms with Crippen LogP contribution in [0.2, 0.25) is 0 Å². The molecule has 1 aromatic heterocycles. The van der Waals surface area contributed by atoms with Gasteiger partial charge in [-0.05, 0) is 25.5 Å². The van der Waals surface area contributed by atoms with Gasteiger partial charge < -0.3 is 15.7 Å². The minimum absolute atomic E-state index is 0.103. The van der Waals surface area contributed by atoms with E-state index in [1.807, 2.05) is 11.8 Å². The van der Waals surface area contributed by atoms with Crippen LogP contribution in [0.3, 0.4) is 0 Å². The van der Waals surface area contributed by atoms with Crippen LogP contribution in [0.5, 0.6) is 0 Å². The first-order chi connectivity index (χ1) is 10.1. The third kappa shape index (κ3) is 4.62. The summed E-state index contributed by atoms with van der Waals surface area (Å²) in [4.78, 5) is 22.4. The SMILES string of the molecule is CSC1CCC(NC(=O)NCCn2cc(C(=O)O)nn2)C1. The van der Waals surface area contributed by atoms with Crippen LogP contribution < -0.4 is 10.6 Å². The molecule has 1 fully saturated rings. The summed E-state index contributed by atoms with van der Waals surface area (Å²) in [7, 11) is 0. The number of carboxylic acids is 1. The standard InChI is InChI=1S/C12H19N5O3S/c1-21-9-3-2-8(6-9)14-12(20)13-4-5-17-7-10(11(18)19)15-16-17/h7-9H,2-6H2,1H3,(H,18,19)(H2,13,14,20). The van der Waals surface area contributed by atoms with Gasteiger partial charge in [-0.15, -0.1) is 5.10 Å². The second kappa shape index (κ2) is 7.30. The first-order valence-electron chi connectivity index (χ1n) is 6.79. The quantitative estimate of drug-likeness (QED) is 0.708. The second-order valence-electron chi connectivity index (χ2n) is 4.94. The Balaban J connectivity index is 1.66. The molecule has 1 heterocycles. The number of carbonyl (C=O) groups is 2. The molecule has 116 valence electrons. The van der Waals surface area contributed by atoms with Crippen LogP contribution in [0.4, 0.5) is 4.79 Å². The molecule has 9 heteroatoms. The van der Waals surface area contributed by atoms with Crippen LogP contribution in [0.15, 0.2) is 6.20 Å². The van der Waals surface area contributed by atoms with Crippen molar-refractivity contribution in [3.8, 4) is 0 Å². The van der Waals surface area contributed by atoms with Crippen molar-refractivity contribution >= 4 is 23.8 Å². The molecule has 1 aliphatic rings. The second-order valence-corrected chi connectivity index (χ2v) is 6.08. The summed E-state index contributed by atoms with van der Waals surface area (Å²) in [6.07, 6.45) is 6.60. The van der Waals surface area contributed by atoms with Crippen molar-refractivity contribution < 1.29 is 14.7 Å². The van der Waals surface area contributed by atoms with Gasteiger partial charge in [-0.1, -0.05) is 5.21 Å². The molecule has 0 spiro atoms. The van der Waals surface area contributed by atoms with E-state index in [0.717, 1.165) is 19.3 Å². The summed E-state index contributed by atoms with van der Waals surface area (Å²) in [5.74, 6) is -1.11. The van der Waals surface area contributed by atoms with Crippen molar-refractivity contribution in [1.29, 1.82) is 0 Å². The van der Waals surface area contributed by atoms with E-state index >= 15 is 0 Å².